The van der Waals surface area contributed by atoms with Crippen molar-refractivity contribution in [1.82, 2.24) is 9.47 Å². The summed E-state index contributed by atoms with van der Waals surface area (Å²) in [6, 6.07) is 8.56. The molecule has 140 valence electrons. The highest BCUT2D eigenvalue weighted by Crippen LogP contribution is 2.21. The first-order chi connectivity index (χ1) is 12.6. The molecule has 0 saturated carbocycles. The minimum absolute atomic E-state index is 0.0526. The van der Waals surface area contributed by atoms with E-state index in [1.165, 1.54) is 16.5 Å². The first-order valence-corrected chi connectivity index (χ1v) is 9.64. The lowest BCUT2D eigenvalue weighted by molar-refractivity contribution is -0.151. The Kier molecular flexibility index (Phi) is 5.96. The third kappa shape index (κ3) is 4.09. The molecule has 1 saturated heterocycles. The zero-order chi connectivity index (χ0) is 18.5. The number of likely N-dealkylation sites (tertiary alicyclic amines) is 1. The Labute approximate surface area is 154 Å². The first-order valence-electron chi connectivity index (χ1n) is 9.64. The maximum atomic E-state index is 12.5. The number of esters is 1. The fraction of sp³-hybridized carbons (Fsp3) is 0.524. The maximum Gasteiger partial charge on any atom is 0.309 e. The summed E-state index contributed by atoms with van der Waals surface area (Å²) in [5.41, 5.74) is 2.42. The lowest BCUT2D eigenvalue weighted by atomic mass is 9.96. The van der Waals surface area contributed by atoms with E-state index in [2.05, 4.69) is 42.0 Å². The van der Waals surface area contributed by atoms with Crippen molar-refractivity contribution in [2.75, 3.05) is 19.7 Å². The Morgan fingerprint density at radius 1 is 1.15 bits per heavy atom. The zero-order valence-corrected chi connectivity index (χ0v) is 15.7. The molecule has 0 N–H and O–H groups in total. The van der Waals surface area contributed by atoms with Gasteiger partial charge in [0.2, 0.25) is 5.91 Å². The van der Waals surface area contributed by atoms with Gasteiger partial charge in [-0.05, 0) is 56.2 Å². The van der Waals surface area contributed by atoms with Crippen molar-refractivity contribution < 1.29 is 14.3 Å². The quantitative estimate of drug-likeness (QED) is 0.746. The lowest BCUT2D eigenvalue weighted by Crippen LogP contribution is -2.40. The molecule has 1 aromatic carbocycles. The molecule has 0 unspecified atom stereocenters. The molecule has 2 aromatic rings. The molecule has 26 heavy (non-hydrogen) atoms. The number of hydrogen-bond donors (Lipinski definition) is 0. The third-order valence-corrected chi connectivity index (χ3v) is 5.27. The molecule has 2 heterocycles. The van der Waals surface area contributed by atoms with Crippen molar-refractivity contribution in [2.24, 2.45) is 5.92 Å². The molecule has 0 aliphatic carbocycles. The number of aryl methyl sites for hydroxylation is 2. The Morgan fingerprint density at radius 2 is 1.92 bits per heavy atom. The molecule has 0 radical (unpaired) electrons. The number of ether oxygens (including phenoxy) is 1. The van der Waals surface area contributed by atoms with Crippen LogP contribution in [0.15, 0.2) is 30.5 Å². The second-order valence-corrected chi connectivity index (χ2v) is 6.90. The summed E-state index contributed by atoms with van der Waals surface area (Å²) in [7, 11) is 0. The number of hydrogen-bond acceptors (Lipinski definition) is 3. The molecular weight excluding hydrogens is 328 g/mol. The second kappa shape index (κ2) is 8.39. The van der Waals surface area contributed by atoms with E-state index in [9.17, 15) is 9.59 Å². The van der Waals surface area contributed by atoms with E-state index in [4.69, 9.17) is 4.74 Å². The summed E-state index contributed by atoms with van der Waals surface area (Å²) < 4.78 is 7.31. The number of fused-ring (bicyclic) bond motifs is 1. The van der Waals surface area contributed by atoms with E-state index in [1.807, 2.05) is 11.8 Å². The summed E-state index contributed by atoms with van der Waals surface area (Å²) in [5, 5.41) is 1.24. The van der Waals surface area contributed by atoms with Crippen molar-refractivity contribution in [3.63, 3.8) is 0 Å². The van der Waals surface area contributed by atoms with Crippen molar-refractivity contribution in [1.29, 1.82) is 0 Å². The highest BCUT2D eigenvalue weighted by molar-refractivity contribution is 5.81. The Balaban J connectivity index is 1.52. The van der Waals surface area contributed by atoms with Crippen LogP contribution in [0, 0.1) is 5.92 Å². The van der Waals surface area contributed by atoms with Gasteiger partial charge in [-0.1, -0.05) is 12.1 Å². The van der Waals surface area contributed by atoms with Crippen LogP contribution in [0.2, 0.25) is 0 Å². The summed E-state index contributed by atoms with van der Waals surface area (Å²) in [5.74, 6) is 0.00773. The average Bonchev–Trinajstić information content (AvgIpc) is 3.08. The molecule has 0 bridgehead atoms. The number of benzene rings is 1. The van der Waals surface area contributed by atoms with E-state index >= 15 is 0 Å². The number of aromatic nitrogens is 1. The molecule has 1 amide bonds. The summed E-state index contributed by atoms with van der Waals surface area (Å²) in [6.07, 6.45) is 4.79. The molecule has 0 spiro atoms. The van der Waals surface area contributed by atoms with E-state index in [0.29, 0.717) is 39.0 Å². The normalized spacial score (nSPS) is 15.4. The van der Waals surface area contributed by atoms with Crippen LogP contribution < -0.4 is 0 Å². The largest absolute Gasteiger partial charge is 0.466 e. The molecule has 1 fully saturated rings. The van der Waals surface area contributed by atoms with Gasteiger partial charge in [-0.3, -0.25) is 9.59 Å². The smallest absolute Gasteiger partial charge is 0.309 e. The SMILES string of the molecule is CCOC(=O)C1CCN(C(=O)CCc2ccc3ccn(CC)c3c2)CC1. The van der Waals surface area contributed by atoms with Crippen LogP contribution in [0.1, 0.15) is 38.7 Å². The van der Waals surface area contributed by atoms with E-state index < -0.39 is 0 Å². The minimum Gasteiger partial charge on any atom is -0.466 e. The van der Waals surface area contributed by atoms with Crippen LogP contribution in [-0.4, -0.2) is 41.0 Å². The van der Waals surface area contributed by atoms with Gasteiger partial charge in [-0.15, -0.1) is 0 Å². The molecule has 5 heteroatoms. The Hall–Kier alpha value is -2.30. The highest BCUT2D eigenvalue weighted by atomic mass is 16.5. The number of amides is 1. The molecule has 0 atom stereocenters. The molecule has 3 rings (SSSR count). The number of piperidine rings is 1. The number of carbonyl (C=O) groups excluding carboxylic acids is 2. The molecular formula is C21H28N2O3. The third-order valence-electron chi connectivity index (χ3n) is 5.27. The van der Waals surface area contributed by atoms with Gasteiger partial charge in [0.1, 0.15) is 0 Å². The monoisotopic (exact) mass is 356 g/mol. The van der Waals surface area contributed by atoms with Gasteiger partial charge >= 0.3 is 5.97 Å². The average molecular weight is 356 g/mol. The van der Waals surface area contributed by atoms with Crippen LogP contribution in [0.4, 0.5) is 0 Å². The molecule has 1 aromatic heterocycles. The van der Waals surface area contributed by atoms with Crippen LogP contribution in [0.25, 0.3) is 10.9 Å². The first kappa shape index (κ1) is 18.5. The Bertz CT molecular complexity index is 773. The number of rotatable bonds is 6. The van der Waals surface area contributed by atoms with E-state index in [0.717, 1.165) is 13.0 Å². The van der Waals surface area contributed by atoms with Gasteiger partial charge in [-0.25, -0.2) is 0 Å². The minimum atomic E-state index is -0.119. The fourth-order valence-corrected chi connectivity index (χ4v) is 3.69. The van der Waals surface area contributed by atoms with Gasteiger partial charge in [0.25, 0.3) is 0 Å². The van der Waals surface area contributed by atoms with Gasteiger partial charge in [0.15, 0.2) is 0 Å². The van der Waals surface area contributed by atoms with Gasteiger partial charge < -0.3 is 14.2 Å². The second-order valence-electron chi connectivity index (χ2n) is 6.90. The number of carbonyl (C=O) groups is 2. The summed E-state index contributed by atoms with van der Waals surface area (Å²) >= 11 is 0. The van der Waals surface area contributed by atoms with Crippen LogP contribution in [0.5, 0.6) is 0 Å². The molecule has 5 nitrogen and oxygen atoms in total. The number of nitrogens with zero attached hydrogens (tertiary/aromatic N) is 2. The predicted molar refractivity (Wildman–Crippen MR) is 102 cm³/mol. The maximum absolute atomic E-state index is 12.5. The van der Waals surface area contributed by atoms with Crippen molar-refractivity contribution in [3.05, 3.63) is 36.0 Å². The highest BCUT2D eigenvalue weighted by Gasteiger charge is 2.27. The Morgan fingerprint density at radius 3 is 2.62 bits per heavy atom. The van der Waals surface area contributed by atoms with Gasteiger partial charge in [-0.2, -0.15) is 0 Å². The van der Waals surface area contributed by atoms with Crippen LogP contribution in [-0.2, 0) is 27.3 Å². The summed E-state index contributed by atoms with van der Waals surface area (Å²) in [4.78, 5) is 26.2. The topological polar surface area (TPSA) is 51.5 Å². The standard InChI is InChI=1S/C21H28N2O3/c1-3-22-12-9-17-7-5-16(15-19(17)22)6-8-20(24)23-13-10-18(11-14-23)21(25)26-4-2/h5,7,9,12,15,18H,3-4,6,8,10-11,13-14H2,1-2H3. The van der Waals surface area contributed by atoms with E-state index in [-0.39, 0.29) is 17.8 Å². The van der Waals surface area contributed by atoms with Crippen LogP contribution in [0.3, 0.4) is 0 Å². The molecule has 1 aliphatic heterocycles. The summed E-state index contributed by atoms with van der Waals surface area (Å²) in [6.45, 7) is 6.63. The van der Waals surface area contributed by atoms with Crippen molar-refractivity contribution in [3.8, 4) is 0 Å². The predicted octanol–water partition coefficient (Wildman–Crippen LogP) is 3.40. The van der Waals surface area contributed by atoms with E-state index in [1.54, 1.807) is 0 Å². The van der Waals surface area contributed by atoms with Gasteiger partial charge in [0, 0.05) is 37.8 Å². The molecule has 1 aliphatic rings. The van der Waals surface area contributed by atoms with Crippen molar-refractivity contribution in [2.45, 2.75) is 46.1 Å². The van der Waals surface area contributed by atoms with Crippen LogP contribution >= 0.6 is 0 Å². The van der Waals surface area contributed by atoms with Gasteiger partial charge in [0.05, 0.1) is 12.5 Å². The lowest BCUT2D eigenvalue weighted by Gasteiger charge is -2.31. The fourth-order valence-electron chi connectivity index (χ4n) is 3.69. The van der Waals surface area contributed by atoms with Crippen molar-refractivity contribution >= 4 is 22.8 Å². The zero-order valence-electron chi connectivity index (χ0n) is 15.7.